The summed E-state index contributed by atoms with van der Waals surface area (Å²) >= 11 is 0. The number of nitrogens with one attached hydrogen (secondary N) is 2. The Hall–Kier alpha value is -1.59. The molecular formula is C15H22N2O3. The van der Waals surface area contributed by atoms with Crippen molar-refractivity contribution in [3.05, 3.63) is 24.3 Å². The minimum absolute atomic E-state index is 0.0281. The van der Waals surface area contributed by atoms with Gasteiger partial charge in [0.25, 0.3) is 0 Å². The van der Waals surface area contributed by atoms with Crippen LogP contribution in [0.2, 0.25) is 0 Å². The van der Waals surface area contributed by atoms with Crippen molar-refractivity contribution in [2.75, 3.05) is 38.7 Å². The van der Waals surface area contributed by atoms with E-state index in [1.54, 1.807) is 7.11 Å². The van der Waals surface area contributed by atoms with Gasteiger partial charge in [-0.15, -0.1) is 0 Å². The van der Waals surface area contributed by atoms with Crippen molar-refractivity contribution < 1.29 is 14.3 Å². The van der Waals surface area contributed by atoms with E-state index in [9.17, 15) is 4.79 Å². The largest absolute Gasteiger partial charge is 0.491 e. The second kappa shape index (κ2) is 7.87. The maximum atomic E-state index is 11.8. The minimum atomic E-state index is -0.0281. The van der Waals surface area contributed by atoms with Crippen molar-refractivity contribution >= 4 is 11.6 Å². The molecule has 0 atom stereocenters. The van der Waals surface area contributed by atoms with Gasteiger partial charge in [-0.25, -0.2) is 0 Å². The van der Waals surface area contributed by atoms with Gasteiger partial charge in [0.15, 0.2) is 0 Å². The summed E-state index contributed by atoms with van der Waals surface area (Å²) in [6, 6.07) is 7.38. The molecule has 5 heteroatoms. The van der Waals surface area contributed by atoms with Crippen LogP contribution >= 0.6 is 0 Å². The molecule has 1 aromatic rings. The van der Waals surface area contributed by atoms with Crippen molar-refractivity contribution in [3.8, 4) is 5.75 Å². The van der Waals surface area contributed by atoms with Gasteiger partial charge in [0.1, 0.15) is 12.4 Å². The minimum Gasteiger partial charge on any atom is -0.491 e. The van der Waals surface area contributed by atoms with Gasteiger partial charge in [0.05, 0.1) is 13.2 Å². The number of carbonyl (C=O) groups is 1. The van der Waals surface area contributed by atoms with Crippen LogP contribution in [-0.2, 0) is 9.53 Å². The molecule has 0 aliphatic heterocycles. The molecule has 0 unspecified atom stereocenters. The van der Waals surface area contributed by atoms with Crippen molar-refractivity contribution in [3.63, 3.8) is 0 Å². The molecule has 5 nitrogen and oxygen atoms in total. The Labute approximate surface area is 119 Å². The molecule has 1 aliphatic rings. The normalized spacial score (nSPS) is 14.1. The van der Waals surface area contributed by atoms with Gasteiger partial charge in [-0.1, -0.05) is 6.07 Å². The second-order valence-electron chi connectivity index (χ2n) is 4.99. The van der Waals surface area contributed by atoms with Crippen LogP contribution in [0.1, 0.15) is 12.8 Å². The number of methoxy groups -OCH3 is 1. The third-order valence-corrected chi connectivity index (χ3v) is 3.09. The highest BCUT2D eigenvalue weighted by Crippen LogP contribution is 2.27. The fraction of sp³-hybridized carbons (Fsp3) is 0.533. The molecule has 2 N–H and O–H groups in total. The Morgan fingerprint density at radius 3 is 2.95 bits per heavy atom. The maximum absolute atomic E-state index is 11.8. The third kappa shape index (κ3) is 5.59. The molecule has 0 radical (unpaired) electrons. The molecule has 1 amide bonds. The summed E-state index contributed by atoms with van der Waals surface area (Å²) in [5, 5.41) is 6.02. The van der Waals surface area contributed by atoms with E-state index >= 15 is 0 Å². The average Bonchev–Trinajstić information content (AvgIpc) is 3.24. The fourth-order valence-corrected chi connectivity index (χ4v) is 1.82. The number of hydrogen-bond acceptors (Lipinski definition) is 4. The van der Waals surface area contributed by atoms with Crippen LogP contribution in [0.4, 0.5) is 5.69 Å². The smallest absolute Gasteiger partial charge is 0.238 e. The summed E-state index contributed by atoms with van der Waals surface area (Å²) in [5.74, 6) is 1.48. The van der Waals surface area contributed by atoms with Crippen LogP contribution in [0, 0.1) is 5.92 Å². The lowest BCUT2D eigenvalue weighted by Crippen LogP contribution is -2.29. The summed E-state index contributed by atoms with van der Waals surface area (Å²) in [4.78, 5) is 11.8. The summed E-state index contributed by atoms with van der Waals surface area (Å²) in [7, 11) is 1.63. The zero-order valence-electron chi connectivity index (χ0n) is 11.9. The van der Waals surface area contributed by atoms with Gasteiger partial charge in [-0.05, 0) is 37.4 Å². The van der Waals surface area contributed by atoms with E-state index in [-0.39, 0.29) is 5.91 Å². The number of amides is 1. The number of ether oxygens (including phenoxy) is 2. The Morgan fingerprint density at radius 1 is 1.35 bits per heavy atom. The Morgan fingerprint density at radius 2 is 2.20 bits per heavy atom. The first-order valence-electron chi connectivity index (χ1n) is 7.00. The first kappa shape index (κ1) is 14.8. The van der Waals surface area contributed by atoms with Crippen LogP contribution < -0.4 is 15.4 Å². The third-order valence-electron chi connectivity index (χ3n) is 3.09. The number of carbonyl (C=O) groups excluding carboxylic acids is 1. The number of hydrogen-bond donors (Lipinski definition) is 2. The lowest BCUT2D eigenvalue weighted by atomic mass is 10.3. The van der Waals surface area contributed by atoms with Gasteiger partial charge in [0.2, 0.25) is 5.91 Å². The van der Waals surface area contributed by atoms with E-state index in [0.717, 1.165) is 23.9 Å². The molecule has 2 rings (SSSR count). The highest BCUT2D eigenvalue weighted by Gasteiger charge is 2.20. The molecule has 0 aromatic heterocycles. The Kier molecular flexibility index (Phi) is 5.83. The standard InChI is InChI=1S/C15H22N2O3/c1-19-7-8-20-14-4-2-3-13(9-14)17-15(18)11-16-10-12-5-6-12/h2-4,9,12,16H,5-8,10-11H2,1H3,(H,17,18). The van der Waals surface area contributed by atoms with Crippen molar-refractivity contribution in [1.82, 2.24) is 5.32 Å². The topological polar surface area (TPSA) is 59.6 Å². The zero-order chi connectivity index (χ0) is 14.2. The number of anilines is 1. The predicted molar refractivity (Wildman–Crippen MR) is 78.0 cm³/mol. The van der Waals surface area contributed by atoms with Crippen LogP contribution in [0.3, 0.4) is 0 Å². The molecule has 110 valence electrons. The Balaban J connectivity index is 1.72. The second-order valence-corrected chi connectivity index (χ2v) is 4.99. The van der Waals surface area contributed by atoms with Crippen LogP contribution in [0.25, 0.3) is 0 Å². The van der Waals surface area contributed by atoms with E-state index in [1.807, 2.05) is 24.3 Å². The zero-order valence-corrected chi connectivity index (χ0v) is 11.9. The summed E-state index contributed by atoms with van der Waals surface area (Å²) < 4.78 is 10.4. The monoisotopic (exact) mass is 278 g/mol. The molecule has 0 bridgehead atoms. The molecule has 0 spiro atoms. The molecule has 1 fully saturated rings. The van der Waals surface area contributed by atoms with Gasteiger partial charge in [0, 0.05) is 18.9 Å². The quantitative estimate of drug-likeness (QED) is 0.674. The first-order valence-corrected chi connectivity index (χ1v) is 7.00. The lowest BCUT2D eigenvalue weighted by Gasteiger charge is -2.09. The fourth-order valence-electron chi connectivity index (χ4n) is 1.82. The molecule has 0 heterocycles. The average molecular weight is 278 g/mol. The van der Waals surface area contributed by atoms with Gasteiger partial charge >= 0.3 is 0 Å². The van der Waals surface area contributed by atoms with Gasteiger partial charge in [-0.3, -0.25) is 4.79 Å². The molecule has 1 saturated carbocycles. The number of benzene rings is 1. The van der Waals surface area contributed by atoms with E-state index in [0.29, 0.717) is 19.8 Å². The summed E-state index contributed by atoms with van der Waals surface area (Å²) in [6.07, 6.45) is 2.57. The van der Waals surface area contributed by atoms with Crippen LogP contribution in [0.15, 0.2) is 24.3 Å². The highest BCUT2D eigenvalue weighted by molar-refractivity contribution is 5.92. The van der Waals surface area contributed by atoms with Crippen molar-refractivity contribution in [1.29, 1.82) is 0 Å². The van der Waals surface area contributed by atoms with E-state index in [2.05, 4.69) is 10.6 Å². The molecule has 1 aromatic carbocycles. The van der Waals surface area contributed by atoms with Crippen LogP contribution in [-0.4, -0.2) is 39.3 Å². The first-order chi connectivity index (χ1) is 9.78. The SMILES string of the molecule is COCCOc1cccc(NC(=O)CNCC2CC2)c1. The van der Waals surface area contributed by atoms with Crippen molar-refractivity contribution in [2.45, 2.75) is 12.8 Å². The summed E-state index contributed by atoms with van der Waals surface area (Å²) in [6.45, 7) is 2.33. The van der Waals surface area contributed by atoms with E-state index in [4.69, 9.17) is 9.47 Å². The maximum Gasteiger partial charge on any atom is 0.238 e. The molecule has 20 heavy (non-hydrogen) atoms. The van der Waals surface area contributed by atoms with Gasteiger partial charge < -0.3 is 20.1 Å². The van der Waals surface area contributed by atoms with Crippen molar-refractivity contribution in [2.24, 2.45) is 5.92 Å². The number of rotatable bonds is 9. The van der Waals surface area contributed by atoms with Crippen LogP contribution in [0.5, 0.6) is 5.75 Å². The molecule has 0 saturated heterocycles. The molecule has 1 aliphatic carbocycles. The van der Waals surface area contributed by atoms with Gasteiger partial charge in [-0.2, -0.15) is 0 Å². The summed E-state index contributed by atoms with van der Waals surface area (Å²) in [5.41, 5.74) is 0.748. The molecular weight excluding hydrogens is 256 g/mol. The lowest BCUT2D eigenvalue weighted by molar-refractivity contribution is -0.115. The van der Waals surface area contributed by atoms with E-state index in [1.165, 1.54) is 12.8 Å². The highest BCUT2D eigenvalue weighted by atomic mass is 16.5. The Bertz CT molecular complexity index is 433. The van der Waals surface area contributed by atoms with E-state index < -0.39 is 0 Å². The predicted octanol–water partition coefficient (Wildman–Crippen LogP) is 1.65.